The molecule has 1 aliphatic rings. The highest BCUT2D eigenvalue weighted by atomic mass is 32.2. The summed E-state index contributed by atoms with van der Waals surface area (Å²) in [4.78, 5) is 0.341. The summed E-state index contributed by atoms with van der Waals surface area (Å²) in [5, 5.41) is 3.29. The van der Waals surface area contributed by atoms with E-state index in [0.717, 1.165) is 18.9 Å². The van der Waals surface area contributed by atoms with E-state index in [-0.39, 0.29) is 0 Å². The molecule has 1 aromatic carbocycles. The molecule has 1 aromatic rings. The Morgan fingerprint density at radius 1 is 1.20 bits per heavy atom. The highest BCUT2D eigenvalue weighted by molar-refractivity contribution is 7.89. The third-order valence-corrected chi connectivity index (χ3v) is 5.46. The molecule has 0 amide bonds. The van der Waals surface area contributed by atoms with E-state index in [0.29, 0.717) is 17.1 Å². The zero-order valence-electron chi connectivity index (χ0n) is 12.1. The van der Waals surface area contributed by atoms with Crippen LogP contribution in [0.1, 0.15) is 39.0 Å². The van der Waals surface area contributed by atoms with E-state index in [1.807, 2.05) is 12.1 Å². The van der Waals surface area contributed by atoms with Crippen molar-refractivity contribution in [2.75, 3.05) is 18.4 Å². The summed E-state index contributed by atoms with van der Waals surface area (Å²) in [6.07, 6.45) is 6.44. The maximum atomic E-state index is 12.1. The van der Waals surface area contributed by atoms with Crippen LogP contribution in [0.5, 0.6) is 0 Å². The average Bonchev–Trinajstić information content (AvgIpc) is 2.92. The van der Waals surface area contributed by atoms with Gasteiger partial charge in [-0.15, -0.1) is 0 Å². The highest BCUT2D eigenvalue weighted by Crippen LogP contribution is 2.28. The van der Waals surface area contributed by atoms with Crippen LogP contribution in [0.3, 0.4) is 0 Å². The summed E-state index contributed by atoms with van der Waals surface area (Å²) in [5.74, 6) is 0.806. The van der Waals surface area contributed by atoms with Crippen molar-refractivity contribution in [2.24, 2.45) is 5.92 Å². The van der Waals surface area contributed by atoms with Crippen molar-refractivity contribution in [1.29, 1.82) is 0 Å². The van der Waals surface area contributed by atoms with Gasteiger partial charge in [-0.1, -0.05) is 44.7 Å². The van der Waals surface area contributed by atoms with Gasteiger partial charge >= 0.3 is 0 Å². The lowest BCUT2D eigenvalue weighted by Crippen LogP contribution is -2.24. The molecular weight excluding hydrogens is 272 g/mol. The summed E-state index contributed by atoms with van der Waals surface area (Å²) in [6, 6.07) is 7.10. The molecule has 2 rings (SSSR count). The minimum absolute atomic E-state index is 0.341. The molecule has 0 radical (unpaired) electrons. The first-order valence-electron chi connectivity index (χ1n) is 7.46. The van der Waals surface area contributed by atoms with Crippen molar-refractivity contribution < 1.29 is 8.42 Å². The standard InChI is InChI=1S/C15H24N2O2S/c1-2-17-20(18,19)15-10-6-5-9-14(15)16-12-11-13-7-3-4-8-13/h5-6,9-10,13,16-17H,2-4,7-8,11-12H2,1H3. The third-order valence-electron chi connectivity index (χ3n) is 3.85. The van der Waals surface area contributed by atoms with Crippen LogP contribution in [0.15, 0.2) is 29.2 Å². The fourth-order valence-electron chi connectivity index (χ4n) is 2.82. The van der Waals surface area contributed by atoms with Crippen molar-refractivity contribution in [3.8, 4) is 0 Å². The van der Waals surface area contributed by atoms with Gasteiger partial charge in [0.05, 0.1) is 5.69 Å². The molecule has 0 saturated heterocycles. The van der Waals surface area contributed by atoms with Crippen LogP contribution >= 0.6 is 0 Å². The van der Waals surface area contributed by atoms with Gasteiger partial charge < -0.3 is 5.32 Å². The number of para-hydroxylation sites is 1. The zero-order valence-corrected chi connectivity index (χ0v) is 12.9. The summed E-state index contributed by atoms with van der Waals surface area (Å²) in [6.45, 7) is 3.02. The van der Waals surface area contributed by atoms with Gasteiger partial charge in [0.15, 0.2) is 0 Å². The first-order valence-corrected chi connectivity index (χ1v) is 8.94. The van der Waals surface area contributed by atoms with Crippen LogP contribution in [-0.2, 0) is 10.0 Å². The van der Waals surface area contributed by atoms with Crippen LogP contribution < -0.4 is 10.0 Å². The molecule has 0 bridgehead atoms. The van der Waals surface area contributed by atoms with E-state index < -0.39 is 10.0 Å². The number of hydrogen-bond donors (Lipinski definition) is 2. The van der Waals surface area contributed by atoms with Crippen LogP contribution in [0, 0.1) is 5.92 Å². The minimum atomic E-state index is -3.40. The molecule has 0 unspecified atom stereocenters. The molecule has 20 heavy (non-hydrogen) atoms. The predicted octanol–water partition coefficient (Wildman–Crippen LogP) is 2.98. The third kappa shape index (κ3) is 3.96. The van der Waals surface area contributed by atoms with Gasteiger partial charge in [0.25, 0.3) is 0 Å². The SMILES string of the molecule is CCNS(=O)(=O)c1ccccc1NCCC1CCCC1. The van der Waals surface area contributed by atoms with Gasteiger partial charge in [0, 0.05) is 13.1 Å². The van der Waals surface area contributed by atoms with Crippen molar-refractivity contribution >= 4 is 15.7 Å². The Labute approximate surface area is 122 Å². The Kier molecular flexibility index (Phi) is 5.43. The van der Waals surface area contributed by atoms with E-state index >= 15 is 0 Å². The monoisotopic (exact) mass is 296 g/mol. The molecule has 0 heterocycles. The smallest absolute Gasteiger partial charge is 0.242 e. The first-order chi connectivity index (χ1) is 9.63. The number of anilines is 1. The summed E-state index contributed by atoms with van der Waals surface area (Å²) in [5.41, 5.74) is 0.700. The average molecular weight is 296 g/mol. The number of nitrogens with one attached hydrogen (secondary N) is 2. The van der Waals surface area contributed by atoms with E-state index in [2.05, 4.69) is 10.0 Å². The lowest BCUT2D eigenvalue weighted by molar-refractivity contribution is 0.518. The molecule has 112 valence electrons. The zero-order chi connectivity index (χ0) is 14.4. The molecule has 1 fully saturated rings. The van der Waals surface area contributed by atoms with Gasteiger partial charge in [-0.2, -0.15) is 0 Å². The van der Waals surface area contributed by atoms with Crippen molar-refractivity contribution in [2.45, 2.75) is 43.9 Å². The maximum Gasteiger partial charge on any atom is 0.242 e. The minimum Gasteiger partial charge on any atom is -0.384 e. The van der Waals surface area contributed by atoms with Crippen molar-refractivity contribution in [3.05, 3.63) is 24.3 Å². The van der Waals surface area contributed by atoms with Crippen LogP contribution in [-0.4, -0.2) is 21.5 Å². The highest BCUT2D eigenvalue weighted by Gasteiger charge is 2.18. The molecule has 0 aromatic heterocycles. The van der Waals surface area contributed by atoms with Crippen LogP contribution in [0.2, 0.25) is 0 Å². The summed E-state index contributed by atoms with van der Waals surface area (Å²) in [7, 11) is -3.40. The maximum absolute atomic E-state index is 12.1. The molecule has 0 aliphatic heterocycles. The lowest BCUT2D eigenvalue weighted by atomic mass is 10.0. The Bertz CT molecular complexity index is 522. The van der Waals surface area contributed by atoms with Crippen LogP contribution in [0.25, 0.3) is 0 Å². The van der Waals surface area contributed by atoms with Gasteiger partial charge in [0.2, 0.25) is 10.0 Å². The molecule has 5 heteroatoms. The van der Waals surface area contributed by atoms with Gasteiger partial charge in [-0.3, -0.25) is 0 Å². The first kappa shape index (κ1) is 15.3. The van der Waals surface area contributed by atoms with E-state index in [4.69, 9.17) is 0 Å². The summed E-state index contributed by atoms with van der Waals surface area (Å²) >= 11 is 0. The van der Waals surface area contributed by atoms with Gasteiger partial charge in [0.1, 0.15) is 4.90 Å². The number of benzene rings is 1. The quantitative estimate of drug-likeness (QED) is 0.813. The molecule has 1 saturated carbocycles. The Balaban J connectivity index is 2.00. The van der Waals surface area contributed by atoms with E-state index in [1.165, 1.54) is 25.7 Å². The second-order valence-corrected chi connectivity index (χ2v) is 7.10. The van der Waals surface area contributed by atoms with Gasteiger partial charge in [-0.25, -0.2) is 13.1 Å². The molecule has 4 nitrogen and oxygen atoms in total. The van der Waals surface area contributed by atoms with Crippen molar-refractivity contribution in [3.63, 3.8) is 0 Å². The number of rotatable bonds is 7. The van der Waals surface area contributed by atoms with Crippen LogP contribution in [0.4, 0.5) is 5.69 Å². The second kappa shape index (κ2) is 7.09. The van der Waals surface area contributed by atoms with Crippen molar-refractivity contribution in [1.82, 2.24) is 4.72 Å². The lowest BCUT2D eigenvalue weighted by Gasteiger charge is -2.14. The predicted molar refractivity (Wildman–Crippen MR) is 82.4 cm³/mol. The number of sulfonamides is 1. The molecule has 1 aliphatic carbocycles. The Hall–Kier alpha value is -1.07. The fourth-order valence-corrected chi connectivity index (χ4v) is 4.05. The molecule has 2 N–H and O–H groups in total. The van der Waals surface area contributed by atoms with Gasteiger partial charge in [-0.05, 0) is 24.5 Å². The topological polar surface area (TPSA) is 58.2 Å². The summed E-state index contributed by atoms with van der Waals surface area (Å²) < 4.78 is 26.8. The van der Waals surface area contributed by atoms with E-state index in [1.54, 1.807) is 19.1 Å². The second-order valence-electron chi connectivity index (χ2n) is 5.36. The molecule has 0 atom stereocenters. The molecular formula is C15H24N2O2S. The van der Waals surface area contributed by atoms with E-state index in [9.17, 15) is 8.42 Å². The molecule has 0 spiro atoms. The fraction of sp³-hybridized carbons (Fsp3) is 0.600. The number of hydrogen-bond acceptors (Lipinski definition) is 3. The largest absolute Gasteiger partial charge is 0.384 e. The normalized spacial score (nSPS) is 16.4. The Morgan fingerprint density at radius 3 is 2.60 bits per heavy atom. The Morgan fingerprint density at radius 2 is 1.90 bits per heavy atom.